The van der Waals surface area contributed by atoms with Crippen molar-refractivity contribution in [3.8, 4) is 24.3 Å². The standard InChI is InChI=1S/C48H50N2P2.C44H42N2P2.4C2H3N.2Fe.8H2S/c1-33-13-21-41(22-14-33)51(42-23-15-34(2)16-24-42)31-39-29-37-9-5-7-11-45(37)47(49-39)48-46-12-8-6-10-38(46)30-40(50-48)32-52(43-25-17-35(3)18-26-43)44-27-19-36(4)20-28-44;1-5-19-37(20-6-1)47(38-21-7-2-8-22-38)31-35-29-33-17-13-15-27-41(33)43(45-35)44-42-28-16-14-18-34(42)30-36(46-44)32-48(39-23-9-3-10-24-39)40-25-11-4-12-26-40;4*1-2-3;;;;;;;;;;/h5-28,39-40,47-50H,29-32H2,1-4H3;1-28,35-36,43-46H,29-32H2;4*1H3;;;8*1H2/q;;;;;;2*+2;;;;;;;;/p+4/t39-,40-,47-,48-;35-,36-,43-,44-;;;;;;;;;;;;;;/m00............../s1. The van der Waals surface area contributed by atoms with Gasteiger partial charge in [0.1, 0.15) is 0 Å². The Morgan fingerprint density at radius 3 is 0.533 bits per heavy atom. The number of nitrogens with one attached hydrogen (secondary N) is 4. The molecule has 0 radical (unpaired) electrons. The zero-order valence-corrected chi connectivity index (χ0v) is 85.0. The molecule has 12 aromatic carbocycles. The predicted octanol–water partition coefficient (Wildman–Crippen LogP) is 18.7. The first-order valence-corrected chi connectivity index (χ1v) is 46.2. The minimum atomic E-state index is -1.02. The molecule has 0 saturated heterocycles. The molecule has 16 rings (SSSR count). The monoisotopic (exact) mass is 1930 g/mol. The third-order valence-corrected chi connectivity index (χ3v) is 33.5. The van der Waals surface area contributed by atoms with Crippen LogP contribution in [0.3, 0.4) is 0 Å². The molecular formula is C100H124Fe2N8P4S8+8. The number of hydrogen-bond acceptors (Lipinski definition) is 8. The summed E-state index contributed by atoms with van der Waals surface area (Å²) in [6, 6.07) is 129. The summed E-state index contributed by atoms with van der Waals surface area (Å²) >= 11 is 0. The van der Waals surface area contributed by atoms with E-state index in [1.165, 1.54) is 137 Å². The Bertz CT molecular complexity index is 4600. The van der Waals surface area contributed by atoms with E-state index in [-0.39, 0.29) is 166 Å². The van der Waals surface area contributed by atoms with E-state index in [1.54, 1.807) is 24.3 Å². The zero-order chi connectivity index (χ0) is 78.6. The van der Waals surface area contributed by atoms with E-state index < -0.39 is 31.7 Å². The van der Waals surface area contributed by atoms with Crippen LogP contribution in [0.5, 0.6) is 0 Å². The quantitative estimate of drug-likeness (QED) is 0.0491. The molecular weight excluding hydrogens is 1810 g/mol. The van der Waals surface area contributed by atoms with Crippen LogP contribution in [-0.2, 0) is 59.8 Å². The van der Waals surface area contributed by atoms with Gasteiger partial charge < -0.3 is 21.3 Å². The molecule has 0 bridgehead atoms. The summed E-state index contributed by atoms with van der Waals surface area (Å²) in [5.41, 5.74) is 17.1. The van der Waals surface area contributed by atoms with Gasteiger partial charge in [-0.3, -0.25) is 0 Å². The van der Waals surface area contributed by atoms with Crippen LogP contribution in [0.2, 0.25) is 0 Å². The second-order valence-electron chi connectivity index (χ2n) is 29.5. The molecule has 640 valence electrons. The van der Waals surface area contributed by atoms with Crippen molar-refractivity contribution in [2.75, 3.05) is 24.6 Å². The number of fused-ring (bicyclic) bond motifs is 4. The summed E-state index contributed by atoms with van der Waals surface area (Å²) in [5, 5.41) is 58.5. The fourth-order valence-electron chi connectivity index (χ4n) is 16.6. The Morgan fingerprint density at radius 1 is 0.230 bits per heavy atom. The molecule has 4 aliphatic rings. The van der Waals surface area contributed by atoms with E-state index in [9.17, 15) is 0 Å². The summed E-state index contributed by atoms with van der Waals surface area (Å²) < 4.78 is 0. The summed E-state index contributed by atoms with van der Waals surface area (Å²) in [6.45, 7) is 14.5. The van der Waals surface area contributed by atoms with E-state index in [0.717, 1.165) is 50.3 Å². The molecule has 0 amide bonds. The van der Waals surface area contributed by atoms with Crippen molar-refractivity contribution >= 4 is 182 Å². The predicted molar refractivity (Wildman–Crippen MR) is 568 cm³/mol. The van der Waals surface area contributed by atoms with Crippen LogP contribution in [0.4, 0.5) is 0 Å². The second-order valence-corrected chi connectivity index (χ2v) is 39.6. The first-order valence-electron chi connectivity index (χ1n) is 39.4. The van der Waals surface area contributed by atoms with Gasteiger partial charge in [0.05, 0.1) is 147 Å². The summed E-state index contributed by atoms with van der Waals surface area (Å²) in [6.07, 6.45) is 8.84. The van der Waals surface area contributed by atoms with Gasteiger partial charge in [-0.2, -0.15) is 129 Å². The van der Waals surface area contributed by atoms with E-state index in [0.29, 0.717) is 24.2 Å². The van der Waals surface area contributed by atoms with Gasteiger partial charge in [-0.1, -0.05) is 241 Å². The number of nitriles is 4. The van der Waals surface area contributed by atoms with Gasteiger partial charge >= 0.3 is 34.1 Å². The molecule has 0 fully saturated rings. The van der Waals surface area contributed by atoms with Gasteiger partial charge in [0.2, 0.25) is 0 Å². The molecule has 0 saturated carbocycles. The normalized spacial score (nSPS) is 16.7. The van der Waals surface area contributed by atoms with Crippen LogP contribution < -0.4 is 63.7 Å². The minimum absolute atomic E-state index is 0. The maximum atomic E-state index is 7.32. The van der Waals surface area contributed by atoms with Crippen LogP contribution >= 0.6 is 140 Å². The van der Waals surface area contributed by atoms with Gasteiger partial charge in [-0.05, 0) is 195 Å². The van der Waals surface area contributed by atoms with Crippen LogP contribution in [0.15, 0.2) is 315 Å². The average Bonchev–Trinajstić information content (AvgIpc) is 0.764. The Morgan fingerprint density at radius 2 is 0.369 bits per heavy atom. The summed E-state index contributed by atoms with van der Waals surface area (Å²) in [7, 11) is -4.00. The Kier molecular flexibility index (Phi) is 55.9. The maximum absolute atomic E-state index is 7.32. The molecule has 0 spiro atoms. The number of hydrogen-bond donors (Lipinski definition) is 4. The second kappa shape index (κ2) is 59.9. The molecule has 4 heterocycles. The number of nitrogens with zero attached hydrogens (tertiary/aromatic N) is 4. The summed E-state index contributed by atoms with van der Waals surface area (Å²) in [4.78, 5) is 0. The third kappa shape index (κ3) is 31.8. The fourth-order valence-corrected chi connectivity index (χ4v) is 27.5. The zero-order valence-electron chi connectivity index (χ0n) is 70.8. The van der Waals surface area contributed by atoms with Gasteiger partial charge in [0, 0.05) is 51.9 Å². The van der Waals surface area contributed by atoms with Crippen molar-refractivity contribution in [1.29, 1.82) is 21.0 Å². The Balaban J connectivity index is 0.00000101. The topological polar surface area (TPSA) is 143 Å². The van der Waals surface area contributed by atoms with E-state index >= 15 is 0 Å². The first-order chi connectivity index (χ1) is 54.8. The number of aryl methyl sites for hydroxylation is 4. The third-order valence-electron chi connectivity index (χ3n) is 21.6. The largest absolute Gasteiger partial charge is 2.00 e. The van der Waals surface area contributed by atoms with Gasteiger partial charge in [0.25, 0.3) is 0 Å². The molecule has 0 aromatic heterocycles. The molecule has 8 nitrogen and oxygen atoms in total. The fraction of sp³-hybridized carbons (Fsp3) is 0.240. The Labute approximate surface area is 811 Å². The van der Waals surface area contributed by atoms with Gasteiger partial charge in [-0.15, -0.1) is 0 Å². The number of rotatable bonds is 18. The van der Waals surface area contributed by atoms with E-state index in [1.807, 2.05) is 0 Å². The molecule has 4 N–H and O–H groups in total. The average molecular weight is 1930 g/mol. The van der Waals surface area contributed by atoms with Crippen molar-refractivity contribution < 1.29 is 34.1 Å². The van der Waals surface area contributed by atoms with Gasteiger partial charge in [-0.25, -0.2) is 0 Å². The molecule has 0 unspecified atom stereocenters. The first kappa shape index (κ1) is 114. The van der Waals surface area contributed by atoms with Crippen LogP contribution in [0, 0.1) is 73.0 Å². The van der Waals surface area contributed by atoms with Crippen molar-refractivity contribution in [2.45, 2.75) is 129 Å². The SMILES string of the molecule is CC#N.CC#N.CC#N.CC#N.Cc1ccc([PH+](C[C@@H]2Cc3ccccc3[C@@H]([C@H]3N[C@H](C[PH+](c4ccc(C)cc4)c4ccc(C)cc4)Cc4ccccc43)N2)c2ccc(C)cc2)cc1.S.S.S.S.S.S.S.S.[Fe+2].[Fe+2].c1ccc([PH+](C[C@@H]2Cc3ccccc3[C@@H]([C@H]3N[C@H](C[PH+](c4ccccc4)c4ccccc4)Cc4ccccc43)N2)c2ccccc2)cc1. The van der Waals surface area contributed by atoms with E-state index in [2.05, 4.69) is 364 Å². The van der Waals surface area contributed by atoms with E-state index in [4.69, 9.17) is 21.0 Å². The van der Waals surface area contributed by atoms with Crippen molar-refractivity contribution in [2.24, 2.45) is 0 Å². The maximum Gasteiger partial charge on any atom is 2.00 e. The van der Waals surface area contributed by atoms with Crippen LogP contribution in [-0.4, -0.2) is 48.8 Å². The van der Waals surface area contributed by atoms with Gasteiger partial charge in [0.15, 0.2) is 0 Å². The minimum Gasteiger partial charge on any atom is -0.302 e. The van der Waals surface area contributed by atoms with Crippen LogP contribution in [0.1, 0.15) is 119 Å². The molecule has 4 aliphatic heterocycles. The smallest absolute Gasteiger partial charge is 0.302 e. The molecule has 122 heavy (non-hydrogen) atoms. The molecule has 12 aromatic rings. The molecule has 0 aliphatic carbocycles. The van der Waals surface area contributed by atoms with Crippen molar-refractivity contribution in [3.63, 3.8) is 0 Å². The van der Waals surface area contributed by atoms with Crippen molar-refractivity contribution in [1.82, 2.24) is 21.3 Å². The van der Waals surface area contributed by atoms with Crippen molar-refractivity contribution in [3.05, 3.63) is 382 Å². The summed E-state index contributed by atoms with van der Waals surface area (Å²) in [5.74, 6) is 0. The number of benzene rings is 12. The molecule has 8 atom stereocenters. The Hall–Kier alpha value is -6.00. The van der Waals surface area contributed by atoms with Crippen LogP contribution in [0.25, 0.3) is 0 Å². The molecule has 22 heteroatoms.